The van der Waals surface area contributed by atoms with Crippen molar-refractivity contribution in [3.8, 4) is 12.3 Å². The van der Waals surface area contributed by atoms with Gasteiger partial charge in [-0.2, -0.15) is 0 Å². The van der Waals surface area contributed by atoms with Crippen LogP contribution in [-0.2, 0) is 9.53 Å². The number of rotatable bonds is 1. The minimum atomic E-state index is -0.103. The van der Waals surface area contributed by atoms with E-state index in [1.54, 1.807) is 0 Å². The number of terminal acetylenes is 1. The van der Waals surface area contributed by atoms with Crippen LogP contribution in [0.2, 0.25) is 0 Å². The first kappa shape index (κ1) is 9.12. The average Bonchev–Trinajstić information content (AvgIpc) is 2.08. The highest BCUT2D eigenvalue weighted by Crippen LogP contribution is 2.28. The second-order valence-corrected chi connectivity index (χ2v) is 3.36. The Morgan fingerprint density at radius 2 is 2.42 bits per heavy atom. The number of carbonyl (C=O) groups is 1. The van der Waals surface area contributed by atoms with Crippen LogP contribution in [0, 0.1) is 30.1 Å². The molecule has 0 amide bonds. The molecule has 1 aliphatic heterocycles. The Morgan fingerprint density at radius 3 is 3.00 bits per heavy atom. The monoisotopic (exact) mass is 166 g/mol. The Hall–Kier alpha value is -0.970. The standard InChI is InChI=1S/C10H14O2/c1-4-7(2)9-5-6-12-10(11)8(9)3/h1,7-9H,5-6H2,2-3H3/t7-,8?,9-/m1/s1. The van der Waals surface area contributed by atoms with Crippen LogP contribution in [0.4, 0.5) is 0 Å². The smallest absolute Gasteiger partial charge is 0.308 e. The summed E-state index contributed by atoms with van der Waals surface area (Å²) in [7, 11) is 0. The molecule has 1 saturated heterocycles. The Labute approximate surface area is 73.3 Å². The van der Waals surface area contributed by atoms with Gasteiger partial charge in [0.1, 0.15) is 0 Å². The van der Waals surface area contributed by atoms with Crippen LogP contribution >= 0.6 is 0 Å². The zero-order valence-electron chi connectivity index (χ0n) is 7.54. The molecule has 1 rings (SSSR count). The van der Waals surface area contributed by atoms with E-state index in [0.29, 0.717) is 12.5 Å². The van der Waals surface area contributed by atoms with E-state index in [1.165, 1.54) is 0 Å². The largest absolute Gasteiger partial charge is 0.465 e. The summed E-state index contributed by atoms with van der Waals surface area (Å²) in [5.41, 5.74) is 0. The van der Waals surface area contributed by atoms with Crippen LogP contribution in [0.25, 0.3) is 0 Å². The Morgan fingerprint density at radius 1 is 1.75 bits per heavy atom. The first-order chi connectivity index (χ1) is 5.66. The summed E-state index contributed by atoms with van der Waals surface area (Å²) < 4.78 is 4.91. The maximum absolute atomic E-state index is 11.1. The highest BCUT2D eigenvalue weighted by Gasteiger charge is 2.32. The van der Waals surface area contributed by atoms with Crippen molar-refractivity contribution in [2.24, 2.45) is 17.8 Å². The first-order valence-corrected chi connectivity index (χ1v) is 4.29. The summed E-state index contributed by atoms with van der Waals surface area (Å²) in [6, 6.07) is 0. The van der Waals surface area contributed by atoms with Crippen molar-refractivity contribution < 1.29 is 9.53 Å². The van der Waals surface area contributed by atoms with Crippen LogP contribution in [0.15, 0.2) is 0 Å². The highest BCUT2D eigenvalue weighted by molar-refractivity contribution is 5.73. The number of esters is 1. The quantitative estimate of drug-likeness (QED) is 0.435. The van der Waals surface area contributed by atoms with Crippen LogP contribution in [0.3, 0.4) is 0 Å². The van der Waals surface area contributed by atoms with Gasteiger partial charge >= 0.3 is 5.97 Å². The summed E-state index contributed by atoms with van der Waals surface area (Å²) in [6.07, 6.45) is 6.21. The zero-order chi connectivity index (χ0) is 9.14. The fourth-order valence-corrected chi connectivity index (χ4v) is 1.66. The molecule has 0 spiro atoms. The van der Waals surface area contributed by atoms with Crippen molar-refractivity contribution >= 4 is 5.97 Å². The Kier molecular flexibility index (Phi) is 2.75. The molecule has 66 valence electrons. The van der Waals surface area contributed by atoms with Crippen molar-refractivity contribution in [1.82, 2.24) is 0 Å². The van der Waals surface area contributed by atoms with Crippen molar-refractivity contribution in [1.29, 1.82) is 0 Å². The fourth-order valence-electron chi connectivity index (χ4n) is 1.66. The lowest BCUT2D eigenvalue weighted by molar-refractivity contribution is -0.156. The van der Waals surface area contributed by atoms with Crippen LogP contribution in [0.1, 0.15) is 20.3 Å². The van der Waals surface area contributed by atoms with E-state index in [2.05, 4.69) is 5.92 Å². The van der Waals surface area contributed by atoms with Gasteiger partial charge in [0.05, 0.1) is 12.5 Å². The molecule has 0 saturated carbocycles. The van der Waals surface area contributed by atoms with E-state index in [9.17, 15) is 4.79 Å². The molecule has 1 unspecified atom stereocenters. The Bertz CT molecular complexity index is 214. The van der Waals surface area contributed by atoms with Crippen molar-refractivity contribution in [3.63, 3.8) is 0 Å². The molecule has 0 aromatic carbocycles. The third-order valence-electron chi connectivity index (χ3n) is 2.61. The average molecular weight is 166 g/mol. The molecule has 0 aromatic heterocycles. The fraction of sp³-hybridized carbons (Fsp3) is 0.700. The van der Waals surface area contributed by atoms with E-state index in [-0.39, 0.29) is 17.8 Å². The van der Waals surface area contributed by atoms with Crippen LogP contribution in [-0.4, -0.2) is 12.6 Å². The van der Waals surface area contributed by atoms with Crippen molar-refractivity contribution in [2.75, 3.05) is 6.61 Å². The third-order valence-corrected chi connectivity index (χ3v) is 2.61. The summed E-state index contributed by atoms with van der Waals surface area (Å²) >= 11 is 0. The number of carbonyl (C=O) groups excluding carboxylic acids is 1. The van der Waals surface area contributed by atoms with Gasteiger partial charge < -0.3 is 4.74 Å². The first-order valence-electron chi connectivity index (χ1n) is 4.29. The summed E-state index contributed by atoms with van der Waals surface area (Å²) in [6.45, 7) is 4.40. The maximum Gasteiger partial charge on any atom is 0.308 e. The normalized spacial score (nSPS) is 31.9. The molecule has 0 aliphatic carbocycles. The number of ether oxygens (including phenoxy) is 1. The molecular formula is C10H14O2. The predicted molar refractivity (Wildman–Crippen MR) is 46.2 cm³/mol. The van der Waals surface area contributed by atoms with Crippen LogP contribution < -0.4 is 0 Å². The Balaban J connectivity index is 2.65. The van der Waals surface area contributed by atoms with E-state index in [0.717, 1.165) is 6.42 Å². The SMILES string of the molecule is C#C[C@@H](C)[C@H]1CCOC(=O)C1C. The lowest BCUT2D eigenvalue weighted by Crippen LogP contribution is -2.33. The number of hydrogen-bond donors (Lipinski definition) is 0. The lowest BCUT2D eigenvalue weighted by atomic mass is 9.80. The molecule has 3 atom stereocenters. The van der Waals surface area contributed by atoms with Gasteiger partial charge in [0, 0.05) is 5.92 Å². The van der Waals surface area contributed by atoms with Gasteiger partial charge in [-0.15, -0.1) is 12.3 Å². The molecule has 0 radical (unpaired) electrons. The molecule has 0 N–H and O–H groups in total. The van der Waals surface area contributed by atoms with Gasteiger partial charge in [-0.1, -0.05) is 13.8 Å². The minimum Gasteiger partial charge on any atom is -0.465 e. The van der Waals surface area contributed by atoms with E-state index >= 15 is 0 Å². The molecule has 2 nitrogen and oxygen atoms in total. The molecule has 2 heteroatoms. The van der Waals surface area contributed by atoms with Gasteiger partial charge in [0.25, 0.3) is 0 Å². The minimum absolute atomic E-state index is 0.0372. The number of cyclic esters (lactones) is 1. The van der Waals surface area contributed by atoms with E-state index < -0.39 is 0 Å². The van der Waals surface area contributed by atoms with E-state index in [4.69, 9.17) is 11.2 Å². The summed E-state index contributed by atoms with van der Waals surface area (Å²) in [5, 5.41) is 0. The lowest BCUT2D eigenvalue weighted by Gasteiger charge is -2.29. The van der Waals surface area contributed by atoms with Gasteiger partial charge in [-0.3, -0.25) is 4.79 Å². The molecule has 1 fully saturated rings. The zero-order valence-corrected chi connectivity index (χ0v) is 7.54. The third kappa shape index (κ3) is 1.61. The summed E-state index contributed by atoms with van der Waals surface area (Å²) in [5.74, 6) is 3.01. The molecule has 0 bridgehead atoms. The number of hydrogen-bond acceptors (Lipinski definition) is 2. The second-order valence-electron chi connectivity index (χ2n) is 3.36. The van der Waals surface area contributed by atoms with Gasteiger partial charge in [0.2, 0.25) is 0 Å². The topological polar surface area (TPSA) is 26.3 Å². The maximum atomic E-state index is 11.1. The molecule has 12 heavy (non-hydrogen) atoms. The summed E-state index contributed by atoms with van der Waals surface area (Å²) in [4.78, 5) is 11.1. The predicted octanol–water partition coefficient (Wildman–Crippen LogP) is 1.45. The van der Waals surface area contributed by atoms with Gasteiger partial charge in [-0.05, 0) is 12.3 Å². The van der Waals surface area contributed by atoms with E-state index in [1.807, 2.05) is 13.8 Å². The second kappa shape index (κ2) is 3.62. The van der Waals surface area contributed by atoms with Gasteiger partial charge in [-0.25, -0.2) is 0 Å². The highest BCUT2D eigenvalue weighted by atomic mass is 16.5. The molecule has 1 aliphatic rings. The molecule has 0 aromatic rings. The van der Waals surface area contributed by atoms with Crippen molar-refractivity contribution in [2.45, 2.75) is 20.3 Å². The van der Waals surface area contributed by atoms with Crippen molar-refractivity contribution in [3.05, 3.63) is 0 Å². The van der Waals surface area contributed by atoms with Crippen LogP contribution in [0.5, 0.6) is 0 Å². The molecular weight excluding hydrogens is 152 g/mol. The molecule has 1 heterocycles. The van der Waals surface area contributed by atoms with Gasteiger partial charge in [0.15, 0.2) is 0 Å².